The van der Waals surface area contributed by atoms with Gasteiger partial charge in [0.05, 0.1) is 13.0 Å². The van der Waals surface area contributed by atoms with Gasteiger partial charge in [0, 0.05) is 30.0 Å². The number of furan rings is 1. The van der Waals surface area contributed by atoms with E-state index >= 15 is 0 Å². The molecule has 0 saturated carbocycles. The van der Waals surface area contributed by atoms with Gasteiger partial charge in [-0.05, 0) is 47.0 Å². The molecule has 2 amide bonds. The molecule has 35 heavy (non-hydrogen) atoms. The fourth-order valence-electron chi connectivity index (χ4n) is 3.78. The minimum Gasteiger partial charge on any atom is -0.451 e. The minimum atomic E-state index is -0.317. The van der Waals surface area contributed by atoms with Crippen molar-refractivity contribution in [1.29, 1.82) is 0 Å². The summed E-state index contributed by atoms with van der Waals surface area (Å²) in [4.78, 5) is 24.9. The third-order valence-electron chi connectivity index (χ3n) is 5.64. The highest BCUT2D eigenvalue weighted by Crippen LogP contribution is 2.20. The molecule has 0 spiro atoms. The van der Waals surface area contributed by atoms with Crippen molar-refractivity contribution in [2.45, 2.75) is 19.5 Å². The van der Waals surface area contributed by atoms with Gasteiger partial charge in [0.1, 0.15) is 5.58 Å². The molecule has 174 valence electrons. The van der Waals surface area contributed by atoms with Crippen LogP contribution >= 0.6 is 0 Å². The van der Waals surface area contributed by atoms with E-state index in [9.17, 15) is 9.59 Å². The third kappa shape index (κ3) is 5.65. The molecule has 3 aromatic carbocycles. The monoisotopic (exact) mass is 464 g/mol. The molecule has 2 heterocycles. The van der Waals surface area contributed by atoms with Crippen LogP contribution in [-0.4, -0.2) is 21.6 Å². The predicted octanol–water partition coefficient (Wildman–Crippen LogP) is 4.79. The van der Waals surface area contributed by atoms with Crippen LogP contribution in [0.5, 0.6) is 0 Å². The summed E-state index contributed by atoms with van der Waals surface area (Å²) in [6, 6.07) is 26.4. The van der Waals surface area contributed by atoms with Gasteiger partial charge in [-0.3, -0.25) is 14.3 Å². The first-order valence-corrected chi connectivity index (χ1v) is 11.3. The summed E-state index contributed by atoms with van der Waals surface area (Å²) in [6.45, 7) is 1.18. The van der Waals surface area contributed by atoms with Gasteiger partial charge in [-0.2, -0.15) is 5.10 Å². The van der Waals surface area contributed by atoms with Gasteiger partial charge in [-0.1, -0.05) is 54.6 Å². The highest BCUT2D eigenvalue weighted by Gasteiger charge is 2.12. The van der Waals surface area contributed by atoms with Crippen LogP contribution in [0.2, 0.25) is 0 Å². The van der Waals surface area contributed by atoms with Crippen LogP contribution in [0.4, 0.5) is 5.69 Å². The highest BCUT2D eigenvalue weighted by atomic mass is 16.3. The average Bonchev–Trinajstić information content (AvgIpc) is 3.55. The topological polar surface area (TPSA) is 89.2 Å². The quantitative estimate of drug-likeness (QED) is 0.346. The van der Waals surface area contributed by atoms with E-state index in [0.717, 1.165) is 22.1 Å². The van der Waals surface area contributed by atoms with Crippen LogP contribution in [0, 0.1) is 0 Å². The maximum atomic E-state index is 12.5. The number of anilines is 1. The minimum absolute atomic E-state index is 0.0651. The number of carbonyl (C=O) groups is 2. The van der Waals surface area contributed by atoms with Crippen molar-refractivity contribution in [1.82, 2.24) is 15.1 Å². The van der Waals surface area contributed by atoms with E-state index in [2.05, 4.69) is 15.7 Å². The molecule has 2 N–H and O–H groups in total. The number of nitrogens with one attached hydrogen (secondary N) is 2. The number of aromatic nitrogens is 2. The van der Waals surface area contributed by atoms with Crippen LogP contribution in [0.25, 0.3) is 11.0 Å². The van der Waals surface area contributed by atoms with Gasteiger partial charge in [0.15, 0.2) is 5.76 Å². The molecule has 7 heteroatoms. The van der Waals surface area contributed by atoms with Crippen molar-refractivity contribution in [3.63, 3.8) is 0 Å². The lowest BCUT2D eigenvalue weighted by Gasteiger charge is -2.08. The summed E-state index contributed by atoms with van der Waals surface area (Å²) in [5, 5.41) is 10.9. The normalized spacial score (nSPS) is 10.9. The standard InChI is InChI=1S/C28H24N4O3/c33-27(29-18-21-6-8-22(9-7-21)19-32-15-3-14-30-32)16-20-10-12-24(13-11-20)31-28(34)26-17-23-4-1-2-5-25(23)35-26/h1-15,17H,16,18-19H2,(H,29,33)(H,31,34). The average molecular weight is 465 g/mol. The second-order valence-corrected chi connectivity index (χ2v) is 8.27. The Labute approximate surface area is 202 Å². The van der Waals surface area contributed by atoms with E-state index in [1.807, 2.05) is 77.6 Å². The number of amides is 2. The largest absolute Gasteiger partial charge is 0.451 e. The number of nitrogens with zero attached hydrogens (tertiary/aromatic N) is 2. The Bertz CT molecular complexity index is 1400. The summed E-state index contributed by atoms with van der Waals surface area (Å²) in [5.41, 5.74) is 4.35. The first-order valence-electron chi connectivity index (χ1n) is 11.3. The van der Waals surface area contributed by atoms with E-state index in [0.29, 0.717) is 24.4 Å². The fourth-order valence-corrected chi connectivity index (χ4v) is 3.78. The Morgan fingerprint density at radius 1 is 0.857 bits per heavy atom. The van der Waals surface area contributed by atoms with Crippen LogP contribution in [-0.2, 0) is 24.3 Å². The SMILES string of the molecule is O=C(Cc1ccc(NC(=O)c2cc3ccccc3o2)cc1)NCc1ccc(Cn2cccn2)cc1. The van der Waals surface area contributed by atoms with Crippen molar-refractivity contribution in [2.24, 2.45) is 0 Å². The van der Waals surface area contributed by atoms with E-state index in [-0.39, 0.29) is 24.0 Å². The molecule has 0 aliphatic heterocycles. The lowest BCUT2D eigenvalue weighted by molar-refractivity contribution is -0.120. The number of fused-ring (bicyclic) bond motifs is 1. The number of hydrogen-bond donors (Lipinski definition) is 2. The molecule has 5 rings (SSSR count). The van der Waals surface area contributed by atoms with Gasteiger partial charge < -0.3 is 15.1 Å². The third-order valence-corrected chi connectivity index (χ3v) is 5.64. The molecular formula is C28H24N4O3. The molecule has 0 aliphatic rings. The predicted molar refractivity (Wildman–Crippen MR) is 134 cm³/mol. The fraction of sp³-hybridized carbons (Fsp3) is 0.107. The van der Waals surface area contributed by atoms with Crippen molar-refractivity contribution < 1.29 is 14.0 Å². The maximum absolute atomic E-state index is 12.5. The van der Waals surface area contributed by atoms with Crippen molar-refractivity contribution in [2.75, 3.05) is 5.32 Å². The van der Waals surface area contributed by atoms with Crippen molar-refractivity contribution in [3.05, 3.63) is 120 Å². The van der Waals surface area contributed by atoms with Gasteiger partial charge in [0.25, 0.3) is 5.91 Å². The summed E-state index contributed by atoms with van der Waals surface area (Å²) < 4.78 is 7.47. The smallest absolute Gasteiger partial charge is 0.291 e. The summed E-state index contributed by atoms with van der Waals surface area (Å²) in [6.07, 6.45) is 3.94. The van der Waals surface area contributed by atoms with Crippen LogP contribution in [0.15, 0.2) is 102 Å². The number of hydrogen-bond acceptors (Lipinski definition) is 4. The Hall–Kier alpha value is -4.65. The van der Waals surface area contributed by atoms with Crippen LogP contribution < -0.4 is 10.6 Å². The maximum Gasteiger partial charge on any atom is 0.291 e. The lowest BCUT2D eigenvalue weighted by Crippen LogP contribution is -2.24. The van der Waals surface area contributed by atoms with Crippen molar-refractivity contribution >= 4 is 28.5 Å². The molecule has 5 aromatic rings. The molecule has 0 unspecified atom stereocenters. The van der Waals surface area contributed by atoms with E-state index in [1.54, 1.807) is 24.4 Å². The molecule has 0 aliphatic carbocycles. The number of benzene rings is 3. The van der Waals surface area contributed by atoms with Crippen LogP contribution in [0.1, 0.15) is 27.2 Å². The molecule has 0 atom stereocenters. The van der Waals surface area contributed by atoms with Gasteiger partial charge >= 0.3 is 0 Å². The first-order chi connectivity index (χ1) is 17.1. The van der Waals surface area contributed by atoms with E-state index in [1.165, 1.54) is 0 Å². The first kappa shape index (κ1) is 22.2. The second-order valence-electron chi connectivity index (χ2n) is 8.27. The number of rotatable bonds is 8. The zero-order valence-corrected chi connectivity index (χ0v) is 19.0. The molecule has 0 fully saturated rings. The molecular weight excluding hydrogens is 440 g/mol. The zero-order chi connectivity index (χ0) is 24.0. The van der Waals surface area contributed by atoms with E-state index < -0.39 is 0 Å². The number of para-hydroxylation sites is 1. The Kier molecular flexibility index (Phi) is 6.39. The van der Waals surface area contributed by atoms with Crippen molar-refractivity contribution in [3.8, 4) is 0 Å². The number of carbonyl (C=O) groups excluding carboxylic acids is 2. The molecule has 0 radical (unpaired) electrons. The molecule has 2 aromatic heterocycles. The zero-order valence-electron chi connectivity index (χ0n) is 19.0. The summed E-state index contributed by atoms with van der Waals surface area (Å²) in [7, 11) is 0. The Balaban J connectivity index is 1.10. The Morgan fingerprint density at radius 2 is 1.60 bits per heavy atom. The van der Waals surface area contributed by atoms with Gasteiger partial charge in [0.2, 0.25) is 5.91 Å². The van der Waals surface area contributed by atoms with E-state index in [4.69, 9.17) is 4.42 Å². The molecule has 0 saturated heterocycles. The molecule has 7 nitrogen and oxygen atoms in total. The summed E-state index contributed by atoms with van der Waals surface area (Å²) >= 11 is 0. The van der Waals surface area contributed by atoms with Gasteiger partial charge in [-0.15, -0.1) is 0 Å². The van der Waals surface area contributed by atoms with Crippen LogP contribution in [0.3, 0.4) is 0 Å². The molecule has 0 bridgehead atoms. The highest BCUT2D eigenvalue weighted by molar-refractivity contribution is 6.04. The Morgan fingerprint density at radius 3 is 2.34 bits per heavy atom. The lowest BCUT2D eigenvalue weighted by atomic mass is 10.1. The summed E-state index contributed by atoms with van der Waals surface area (Å²) in [5.74, 6) is -0.129. The second kappa shape index (κ2) is 10.1. The van der Waals surface area contributed by atoms with Gasteiger partial charge in [-0.25, -0.2) is 0 Å².